The van der Waals surface area contributed by atoms with Crippen LogP contribution in [-0.4, -0.2) is 24.8 Å². The minimum Gasteiger partial charge on any atom is -0.375 e. The molecular formula is C18H11FN6S2. The second kappa shape index (κ2) is 6.29. The Balaban J connectivity index is 1.58. The van der Waals surface area contributed by atoms with Crippen molar-refractivity contribution in [2.75, 3.05) is 5.73 Å². The first-order chi connectivity index (χ1) is 13.2. The zero-order valence-electron chi connectivity index (χ0n) is 13.7. The molecule has 2 aromatic carbocycles. The Morgan fingerprint density at radius 1 is 1.00 bits per heavy atom. The summed E-state index contributed by atoms with van der Waals surface area (Å²) < 4.78 is 15.9. The van der Waals surface area contributed by atoms with Crippen LogP contribution in [0.3, 0.4) is 0 Å². The Morgan fingerprint density at radius 2 is 1.85 bits per heavy atom. The second-order valence-corrected chi connectivity index (χ2v) is 7.81. The van der Waals surface area contributed by atoms with Gasteiger partial charge in [-0.1, -0.05) is 17.4 Å². The minimum absolute atomic E-state index is 0.281. The fourth-order valence-electron chi connectivity index (χ4n) is 2.73. The summed E-state index contributed by atoms with van der Waals surface area (Å²) >= 11 is 2.88. The van der Waals surface area contributed by atoms with Gasteiger partial charge in [0.05, 0.1) is 15.9 Å². The summed E-state index contributed by atoms with van der Waals surface area (Å²) in [5.41, 5.74) is 8.85. The second-order valence-electron chi connectivity index (χ2n) is 5.74. The van der Waals surface area contributed by atoms with E-state index in [0.29, 0.717) is 21.6 Å². The van der Waals surface area contributed by atoms with Crippen molar-refractivity contribution in [3.05, 3.63) is 60.4 Å². The molecule has 0 atom stereocenters. The molecule has 0 saturated carbocycles. The van der Waals surface area contributed by atoms with E-state index in [1.54, 1.807) is 16.6 Å². The fraction of sp³-hybridized carbons (Fsp3) is 0. The summed E-state index contributed by atoms with van der Waals surface area (Å²) in [5.74, 6) is -0.281. The molecule has 3 aromatic heterocycles. The van der Waals surface area contributed by atoms with Gasteiger partial charge in [0.25, 0.3) is 0 Å². The molecule has 0 bridgehead atoms. The van der Waals surface area contributed by atoms with Crippen molar-refractivity contribution in [2.45, 2.75) is 10.1 Å². The number of nitrogens with zero attached hydrogens (tertiary/aromatic N) is 5. The average molecular weight is 394 g/mol. The molecule has 0 amide bonds. The molecule has 0 unspecified atom stereocenters. The van der Waals surface area contributed by atoms with E-state index in [-0.39, 0.29) is 5.82 Å². The van der Waals surface area contributed by atoms with E-state index in [4.69, 9.17) is 5.73 Å². The Morgan fingerprint density at radius 3 is 2.70 bits per heavy atom. The lowest BCUT2D eigenvalue weighted by atomic mass is 10.1. The highest BCUT2D eigenvalue weighted by atomic mass is 32.2. The van der Waals surface area contributed by atoms with Gasteiger partial charge in [0, 0.05) is 10.5 Å². The van der Waals surface area contributed by atoms with Crippen molar-refractivity contribution in [1.29, 1.82) is 0 Å². The number of hydrogen-bond acceptors (Lipinski definition) is 7. The van der Waals surface area contributed by atoms with Crippen molar-refractivity contribution in [3.8, 4) is 11.3 Å². The molecule has 9 heteroatoms. The third-order valence-corrected chi connectivity index (χ3v) is 5.81. The van der Waals surface area contributed by atoms with Gasteiger partial charge in [0.1, 0.15) is 5.82 Å². The first-order valence-corrected chi connectivity index (χ1v) is 9.62. The summed E-state index contributed by atoms with van der Waals surface area (Å²) in [6.07, 6.45) is 0. The van der Waals surface area contributed by atoms with Gasteiger partial charge in [0.15, 0.2) is 10.8 Å². The molecule has 0 aliphatic rings. The lowest BCUT2D eigenvalue weighted by Crippen LogP contribution is -1.96. The molecule has 0 radical (unpaired) electrons. The maximum atomic E-state index is 13.2. The number of hydrogen-bond donors (Lipinski definition) is 1. The number of thiazole rings is 1. The van der Waals surface area contributed by atoms with Crippen molar-refractivity contribution in [1.82, 2.24) is 24.8 Å². The van der Waals surface area contributed by atoms with Crippen LogP contribution in [-0.2, 0) is 0 Å². The van der Waals surface area contributed by atoms with Gasteiger partial charge in [-0.2, -0.15) is 9.61 Å². The van der Waals surface area contributed by atoms with Crippen molar-refractivity contribution in [2.24, 2.45) is 0 Å². The van der Waals surface area contributed by atoms with Gasteiger partial charge in [-0.05, 0) is 60.3 Å². The van der Waals surface area contributed by atoms with Crippen LogP contribution >= 0.6 is 23.1 Å². The molecule has 5 rings (SSSR count). The Kier molecular flexibility index (Phi) is 3.76. The molecule has 27 heavy (non-hydrogen) atoms. The predicted molar refractivity (Wildman–Crippen MR) is 104 cm³/mol. The molecule has 132 valence electrons. The van der Waals surface area contributed by atoms with Crippen molar-refractivity contribution < 1.29 is 4.39 Å². The summed E-state index contributed by atoms with van der Waals surface area (Å²) in [7, 11) is 0. The highest BCUT2D eigenvalue weighted by Crippen LogP contribution is 2.35. The smallest absolute Gasteiger partial charge is 0.217 e. The SMILES string of the molecule is Nc1nc2c(Sc3nnc4ccc(-c5ccc(F)cc5)nn34)cccc2s1. The lowest BCUT2D eigenvalue weighted by Gasteiger charge is -2.04. The number of benzene rings is 2. The third-order valence-electron chi connectivity index (χ3n) is 3.97. The molecule has 0 spiro atoms. The van der Waals surface area contributed by atoms with E-state index in [9.17, 15) is 4.39 Å². The number of para-hydroxylation sites is 1. The molecule has 2 N–H and O–H groups in total. The van der Waals surface area contributed by atoms with E-state index < -0.39 is 0 Å². The summed E-state index contributed by atoms with van der Waals surface area (Å²) in [4.78, 5) is 5.34. The Labute approximate surface area is 160 Å². The molecular weight excluding hydrogens is 383 g/mol. The quantitative estimate of drug-likeness (QED) is 0.492. The highest BCUT2D eigenvalue weighted by molar-refractivity contribution is 7.99. The van der Waals surface area contributed by atoms with E-state index >= 15 is 0 Å². The average Bonchev–Trinajstić information content (AvgIpc) is 3.25. The molecule has 5 aromatic rings. The van der Waals surface area contributed by atoms with E-state index in [1.807, 2.05) is 30.3 Å². The van der Waals surface area contributed by atoms with Gasteiger partial charge in [-0.3, -0.25) is 0 Å². The van der Waals surface area contributed by atoms with Gasteiger partial charge in [-0.15, -0.1) is 10.2 Å². The maximum Gasteiger partial charge on any atom is 0.217 e. The zero-order valence-corrected chi connectivity index (χ0v) is 15.3. The number of rotatable bonds is 3. The van der Waals surface area contributed by atoms with Crippen molar-refractivity contribution >= 4 is 44.1 Å². The normalized spacial score (nSPS) is 11.4. The largest absolute Gasteiger partial charge is 0.375 e. The summed E-state index contributed by atoms with van der Waals surface area (Å²) in [5, 5.41) is 14.2. The maximum absolute atomic E-state index is 13.2. The van der Waals surface area contributed by atoms with Crippen LogP contribution in [0.15, 0.2) is 64.6 Å². The molecule has 0 fully saturated rings. The topological polar surface area (TPSA) is 82.0 Å². The van der Waals surface area contributed by atoms with Crippen LogP contribution < -0.4 is 5.73 Å². The number of anilines is 1. The van der Waals surface area contributed by atoms with E-state index in [2.05, 4.69) is 20.3 Å². The van der Waals surface area contributed by atoms with Crippen LogP contribution in [0.1, 0.15) is 0 Å². The van der Waals surface area contributed by atoms with Gasteiger partial charge in [-0.25, -0.2) is 9.37 Å². The first kappa shape index (κ1) is 16.2. The van der Waals surface area contributed by atoms with Crippen LogP contribution in [0.25, 0.3) is 27.1 Å². The van der Waals surface area contributed by atoms with Crippen LogP contribution in [0, 0.1) is 5.82 Å². The molecule has 0 saturated heterocycles. The van der Waals surface area contributed by atoms with E-state index in [0.717, 1.165) is 20.7 Å². The fourth-order valence-corrected chi connectivity index (χ4v) is 4.45. The third kappa shape index (κ3) is 2.90. The molecule has 0 aliphatic heterocycles. The molecule has 0 aliphatic carbocycles. The number of nitrogen functional groups attached to an aromatic ring is 1. The minimum atomic E-state index is -0.281. The lowest BCUT2D eigenvalue weighted by molar-refractivity contribution is 0.628. The summed E-state index contributed by atoms with van der Waals surface area (Å²) in [6.45, 7) is 0. The number of fused-ring (bicyclic) bond motifs is 2. The zero-order chi connectivity index (χ0) is 18.4. The van der Waals surface area contributed by atoms with Crippen molar-refractivity contribution in [3.63, 3.8) is 0 Å². The van der Waals surface area contributed by atoms with Gasteiger partial charge >= 0.3 is 0 Å². The number of aromatic nitrogens is 5. The Hall–Kier alpha value is -3.04. The first-order valence-electron chi connectivity index (χ1n) is 7.99. The van der Waals surface area contributed by atoms with E-state index in [1.165, 1.54) is 35.2 Å². The van der Waals surface area contributed by atoms with Crippen LogP contribution in [0.4, 0.5) is 9.52 Å². The number of nitrogens with two attached hydrogens (primary N) is 1. The standard InChI is InChI=1S/C18H11FN6S2/c19-11-6-4-10(5-7-11)12-8-9-15-22-23-18(25(15)24-12)27-14-3-1-2-13-16(14)21-17(20)26-13/h1-9H,(H2,20,21). The van der Waals surface area contributed by atoms with Gasteiger partial charge < -0.3 is 5.73 Å². The number of halogens is 1. The highest BCUT2D eigenvalue weighted by Gasteiger charge is 2.14. The Bertz CT molecular complexity index is 1280. The van der Waals surface area contributed by atoms with Crippen LogP contribution in [0.5, 0.6) is 0 Å². The molecule has 6 nitrogen and oxygen atoms in total. The monoisotopic (exact) mass is 394 g/mol. The molecule has 3 heterocycles. The summed E-state index contributed by atoms with van der Waals surface area (Å²) in [6, 6.07) is 15.8. The predicted octanol–water partition coefficient (Wildman–Crippen LogP) is 4.27. The van der Waals surface area contributed by atoms with Crippen LogP contribution in [0.2, 0.25) is 0 Å². The van der Waals surface area contributed by atoms with Gasteiger partial charge in [0.2, 0.25) is 5.16 Å².